The maximum Gasteiger partial charge on any atom is 0.251 e. The quantitative estimate of drug-likeness (QED) is 0.903. The van der Waals surface area contributed by atoms with Crippen LogP contribution in [0.5, 0.6) is 5.75 Å². The van der Waals surface area contributed by atoms with Gasteiger partial charge in [-0.05, 0) is 42.7 Å². The van der Waals surface area contributed by atoms with E-state index in [-0.39, 0.29) is 5.91 Å². The molecule has 1 aliphatic rings. The minimum atomic E-state index is 0.00195. The Morgan fingerprint density at radius 1 is 1.05 bits per heavy atom. The predicted octanol–water partition coefficient (Wildman–Crippen LogP) is 3.16. The molecule has 3 nitrogen and oxygen atoms in total. The molecule has 0 bridgehead atoms. The van der Waals surface area contributed by atoms with Gasteiger partial charge in [-0.15, -0.1) is 0 Å². The second kappa shape index (κ2) is 5.78. The van der Waals surface area contributed by atoms with Crippen LogP contribution in [0.1, 0.15) is 28.8 Å². The lowest BCUT2D eigenvalue weighted by atomic mass is 10.2. The molecular weight excluding hydrogens is 250 g/mol. The summed E-state index contributed by atoms with van der Waals surface area (Å²) in [7, 11) is 0. The smallest absolute Gasteiger partial charge is 0.251 e. The van der Waals surface area contributed by atoms with Crippen LogP contribution in [0, 0.1) is 0 Å². The van der Waals surface area contributed by atoms with Gasteiger partial charge in [0.2, 0.25) is 0 Å². The summed E-state index contributed by atoms with van der Waals surface area (Å²) in [5, 5.41) is 2.97. The summed E-state index contributed by atoms with van der Waals surface area (Å²) in [6.45, 7) is 0.536. The molecular formula is C17H17NO2. The van der Waals surface area contributed by atoms with Crippen molar-refractivity contribution in [3.05, 3.63) is 65.7 Å². The molecule has 20 heavy (non-hydrogen) atoms. The lowest BCUT2D eigenvalue weighted by Crippen LogP contribution is -2.25. The summed E-state index contributed by atoms with van der Waals surface area (Å²) >= 11 is 0. The van der Waals surface area contributed by atoms with Crippen molar-refractivity contribution >= 4 is 5.91 Å². The summed E-state index contributed by atoms with van der Waals surface area (Å²) < 4.78 is 5.69. The Labute approximate surface area is 118 Å². The molecule has 1 fully saturated rings. The number of ether oxygens (including phenoxy) is 1. The van der Waals surface area contributed by atoms with E-state index in [9.17, 15) is 4.79 Å². The topological polar surface area (TPSA) is 38.3 Å². The van der Waals surface area contributed by atoms with Gasteiger partial charge in [-0.3, -0.25) is 4.79 Å². The minimum Gasteiger partial charge on any atom is -0.489 e. The van der Waals surface area contributed by atoms with Crippen LogP contribution >= 0.6 is 0 Å². The number of benzene rings is 2. The Morgan fingerprint density at radius 3 is 2.40 bits per heavy atom. The van der Waals surface area contributed by atoms with Gasteiger partial charge in [0.25, 0.3) is 5.91 Å². The Morgan fingerprint density at radius 2 is 1.75 bits per heavy atom. The standard InChI is InChI=1S/C17H17NO2/c19-17(18-15-8-9-15)14-6-10-16(11-7-14)20-12-13-4-2-1-3-5-13/h1-7,10-11,15H,8-9,12H2,(H,18,19). The summed E-state index contributed by atoms with van der Waals surface area (Å²) in [6.07, 6.45) is 2.20. The van der Waals surface area contributed by atoms with Crippen LogP contribution in [0.25, 0.3) is 0 Å². The Bertz CT molecular complexity index is 574. The minimum absolute atomic E-state index is 0.00195. The lowest BCUT2D eigenvalue weighted by molar-refractivity contribution is 0.0951. The molecule has 1 amide bonds. The normalized spacial score (nSPS) is 13.8. The highest BCUT2D eigenvalue weighted by atomic mass is 16.5. The Balaban J connectivity index is 1.56. The summed E-state index contributed by atoms with van der Waals surface area (Å²) in [5.74, 6) is 0.777. The van der Waals surface area contributed by atoms with Gasteiger partial charge in [0, 0.05) is 11.6 Å². The van der Waals surface area contributed by atoms with Gasteiger partial charge >= 0.3 is 0 Å². The number of rotatable bonds is 5. The molecule has 3 rings (SSSR count). The largest absolute Gasteiger partial charge is 0.489 e. The van der Waals surface area contributed by atoms with Crippen LogP contribution in [0.2, 0.25) is 0 Å². The van der Waals surface area contributed by atoms with E-state index in [2.05, 4.69) is 5.32 Å². The van der Waals surface area contributed by atoms with Gasteiger partial charge in [0.15, 0.2) is 0 Å². The SMILES string of the molecule is O=C(NC1CC1)c1ccc(OCc2ccccc2)cc1. The van der Waals surface area contributed by atoms with Crippen molar-refractivity contribution in [3.8, 4) is 5.75 Å². The van der Waals surface area contributed by atoms with Crippen molar-refractivity contribution in [2.45, 2.75) is 25.5 Å². The Hall–Kier alpha value is -2.29. The zero-order valence-corrected chi connectivity index (χ0v) is 11.2. The third-order valence-corrected chi connectivity index (χ3v) is 3.28. The highest BCUT2D eigenvalue weighted by molar-refractivity contribution is 5.94. The fraction of sp³-hybridized carbons (Fsp3) is 0.235. The van der Waals surface area contributed by atoms with Crippen molar-refractivity contribution in [2.24, 2.45) is 0 Å². The van der Waals surface area contributed by atoms with Crippen LogP contribution in [-0.2, 0) is 6.61 Å². The van der Waals surface area contributed by atoms with Gasteiger partial charge in [-0.25, -0.2) is 0 Å². The third-order valence-electron chi connectivity index (χ3n) is 3.28. The molecule has 0 radical (unpaired) electrons. The molecule has 1 N–H and O–H groups in total. The molecule has 3 heteroatoms. The van der Waals surface area contributed by atoms with E-state index in [4.69, 9.17) is 4.74 Å². The first kappa shape index (κ1) is 12.7. The number of hydrogen-bond donors (Lipinski definition) is 1. The van der Waals surface area contributed by atoms with E-state index < -0.39 is 0 Å². The van der Waals surface area contributed by atoms with Gasteiger partial charge in [-0.2, -0.15) is 0 Å². The summed E-state index contributed by atoms with van der Waals surface area (Å²) in [5.41, 5.74) is 1.81. The van der Waals surface area contributed by atoms with Crippen LogP contribution in [-0.4, -0.2) is 11.9 Å². The van der Waals surface area contributed by atoms with Crippen LogP contribution < -0.4 is 10.1 Å². The van der Waals surface area contributed by atoms with Crippen molar-refractivity contribution in [1.82, 2.24) is 5.32 Å². The van der Waals surface area contributed by atoms with E-state index >= 15 is 0 Å². The molecule has 0 aliphatic heterocycles. The molecule has 1 aliphatic carbocycles. The molecule has 2 aromatic rings. The van der Waals surface area contributed by atoms with E-state index in [0.717, 1.165) is 24.2 Å². The van der Waals surface area contributed by atoms with Gasteiger partial charge < -0.3 is 10.1 Å². The predicted molar refractivity (Wildman–Crippen MR) is 77.7 cm³/mol. The fourth-order valence-corrected chi connectivity index (χ4v) is 1.94. The number of hydrogen-bond acceptors (Lipinski definition) is 2. The van der Waals surface area contributed by atoms with E-state index in [0.29, 0.717) is 18.2 Å². The monoisotopic (exact) mass is 267 g/mol. The van der Waals surface area contributed by atoms with Crippen molar-refractivity contribution in [1.29, 1.82) is 0 Å². The van der Waals surface area contributed by atoms with Crippen molar-refractivity contribution in [3.63, 3.8) is 0 Å². The molecule has 0 spiro atoms. The number of amides is 1. The van der Waals surface area contributed by atoms with Gasteiger partial charge in [-0.1, -0.05) is 30.3 Å². The molecule has 0 saturated heterocycles. The highest BCUT2D eigenvalue weighted by Gasteiger charge is 2.23. The third kappa shape index (κ3) is 3.38. The van der Waals surface area contributed by atoms with E-state index in [1.807, 2.05) is 42.5 Å². The maximum absolute atomic E-state index is 11.8. The Kier molecular flexibility index (Phi) is 3.68. The molecule has 2 aromatic carbocycles. The zero-order valence-electron chi connectivity index (χ0n) is 11.2. The van der Waals surface area contributed by atoms with Gasteiger partial charge in [0.1, 0.15) is 12.4 Å². The van der Waals surface area contributed by atoms with Crippen molar-refractivity contribution in [2.75, 3.05) is 0 Å². The van der Waals surface area contributed by atoms with Crippen molar-refractivity contribution < 1.29 is 9.53 Å². The lowest BCUT2D eigenvalue weighted by Gasteiger charge is -2.07. The average Bonchev–Trinajstić information content (AvgIpc) is 3.31. The molecule has 1 saturated carbocycles. The molecule has 102 valence electrons. The number of carbonyl (C=O) groups is 1. The first-order valence-electron chi connectivity index (χ1n) is 6.89. The van der Waals surface area contributed by atoms with Gasteiger partial charge in [0.05, 0.1) is 0 Å². The van der Waals surface area contributed by atoms with Crippen LogP contribution in [0.4, 0.5) is 0 Å². The summed E-state index contributed by atoms with van der Waals surface area (Å²) in [4.78, 5) is 11.8. The molecule has 0 atom stereocenters. The second-order valence-corrected chi connectivity index (χ2v) is 5.05. The van der Waals surface area contributed by atoms with E-state index in [1.54, 1.807) is 12.1 Å². The molecule has 0 unspecified atom stereocenters. The first-order valence-corrected chi connectivity index (χ1v) is 6.89. The van der Waals surface area contributed by atoms with Crippen LogP contribution in [0.3, 0.4) is 0 Å². The molecule has 0 heterocycles. The zero-order chi connectivity index (χ0) is 13.8. The van der Waals surface area contributed by atoms with E-state index in [1.165, 1.54) is 0 Å². The highest BCUT2D eigenvalue weighted by Crippen LogP contribution is 2.20. The maximum atomic E-state index is 11.8. The fourth-order valence-electron chi connectivity index (χ4n) is 1.94. The molecule has 0 aromatic heterocycles. The number of carbonyl (C=O) groups excluding carboxylic acids is 1. The summed E-state index contributed by atoms with van der Waals surface area (Å²) in [6, 6.07) is 17.7. The first-order chi connectivity index (χ1) is 9.81. The average molecular weight is 267 g/mol. The number of nitrogens with one attached hydrogen (secondary N) is 1. The van der Waals surface area contributed by atoms with Crippen LogP contribution in [0.15, 0.2) is 54.6 Å². The second-order valence-electron chi connectivity index (χ2n) is 5.05.